The summed E-state index contributed by atoms with van der Waals surface area (Å²) < 4.78 is 5.02. The van der Waals surface area contributed by atoms with E-state index in [-0.39, 0.29) is 17.9 Å². The number of ether oxygens (including phenoxy) is 1. The number of aromatic amines is 1. The van der Waals surface area contributed by atoms with Crippen LogP contribution in [0.5, 0.6) is 11.5 Å². The van der Waals surface area contributed by atoms with Crippen LogP contribution in [0.25, 0.3) is 17.0 Å². The minimum atomic E-state index is -1.11. The summed E-state index contributed by atoms with van der Waals surface area (Å²) >= 11 is 0. The van der Waals surface area contributed by atoms with Crippen LogP contribution in [0.2, 0.25) is 0 Å². The number of nitrogens with one attached hydrogen (secondary N) is 2. The molecule has 1 heterocycles. The van der Waals surface area contributed by atoms with Crippen LogP contribution in [-0.2, 0) is 16.0 Å². The monoisotopic (exact) mass is 380 g/mol. The molecule has 28 heavy (non-hydrogen) atoms. The zero-order valence-corrected chi connectivity index (χ0v) is 15.2. The van der Waals surface area contributed by atoms with Crippen molar-refractivity contribution in [1.29, 1.82) is 0 Å². The van der Waals surface area contributed by atoms with Gasteiger partial charge in [-0.15, -0.1) is 0 Å². The Labute approximate surface area is 161 Å². The van der Waals surface area contributed by atoms with Crippen LogP contribution in [0, 0.1) is 0 Å². The van der Waals surface area contributed by atoms with E-state index in [1.165, 1.54) is 25.3 Å². The van der Waals surface area contributed by atoms with Crippen molar-refractivity contribution in [2.24, 2.45) is 0 Å². The topological polar surface area (TPSA) is 112 Å². The van der Waals surface area contributed by atoms with Crippen molar-refractivity contribution in [3.63, 3.8) is 0 Å². The Hall–Kier alpha value is -3.74. The average molecular weight is 380 g/mol. The Balaban J connectivity index is 1.70. The number of methoxy groups -OCH3 is 1. The number of amides is 1. The first-order valence-electron chi connectivity index (χ1n) is 8.61. The van der Waals surface area contributed by atoms with Gasteiger partial charge in [-0.1, -0.05) is 24.3 Å². The minimum Gasteiger partial charge on any atom is -0.504 e. The molecule has 0 saturated heterocycles. The molecular weight excluding hydrogens is 360 g/mol. The predicted molar refractivity (Wildman–Crippen MR) is 105 cm³/mol. The number of carbonyl (C=O) groups excluding carboxylic acids is 1. The van der Waals surface area contributed by atoms with Gasteiger partial charge in [0.25, 0.3) is 0 Å². The van der Waals surface area contributed by atoms with E-state index in [0.29, 0.717) is 5.56 Å². The van der Waals surface area contributed by atoms with E-state index in [1.807, 2.05) is 24.3 Å². The molecule has 0 aliphatic rings. The van der Waals surface area contributed by atoms with Gasteiger partial charge in [0.2, 0.25) is 5.91 Å². The summed E-state index contributed by atoms with van der Waals surface area (Å²) in [6, 6.07) is 11.1. The zero-order valence-electron chi connectivity index (χ0n) is 15.2. The number of hydrogen-bond acceptors (Lipinski definition) is 4. The normalized spacial score (nSPS) is 12.2. The summed E-state index contributed by atoms with van der Waals surface area (Å²) in [6.07, 6.45) is 4.68. The number of phenols is 1. The number of aromatic hydroxyl groups is 1. The molecule has 0 aliphatic carbocycles. The van der Waals surface area contributed by atoms with Gasteiger partial charge in [0.15, 0.2) is 11.5 Å². The molecular formula is C21H20N2O5. The van der Waals surface area contributed by atoms with Gasteiger partial charge in [-0.05, 0) is 35.4 Å². The number of carbonyl (C=O) groups is 2. The number of carboxylic acids is 1. The highest BCUT2D eigenvalue weighted by Gasteiger charge is 2.21. The first-order chi connectivity index (χ1) is 13.5. The van der Waals surface area contributed by atoms with E-state index in [2.05, 4.69) is 10.3 Å². The number of aliphatic carboxylic acids is 1. The molecule has 3 rings (SSSR count). The molecule has 0 spiro atoms. The molecule has 0 aliphatic heterocycles. The number of para-hydroxylation sites is 1. The lowest BCUT2D eigenvalue weighted by molar-refractivity contribution is -0.141. The van der Waals surface area contributed by atoms with Crippen molar-refractivity contribution in [2.45, 2.75) is 12.5 Å². The van der Waals surface area contributed by atoms with E-state index in [1.54, 1.807) is 18.3 Å². The van der Waals surface area contributed by atoms with E-state index >= 15 is 0 Å². The van der Waals surface area contributed by atoms with Gasteiger partial charge in [0.1, 0.15) is 6.04 Å². The lowest BCUT2D eigenvalue weighted by Crippen LogP contribution is -2.41. The van der Waals surface area contributed by atoms with Gasteiger partial charge in [-0.3, -0.25) is 4.79 Å². The van der Waals surface area contributed by atoms with Gasteiger partial charge >= 0.3 is 5.97 Å². The third-order valence-electron chi connectivity index (χ3n) is 4.34. The van der Waals surface area contributed by atoms with Crippen LogP contribution >= 0.6 is 0 Å². The Morgan fingerprint density at radius 1 is 1.25 bits per heavy atom. The third kappa shape index (κ3) is 4.32. The number of fused-ring (bicyclic) bond motifs is 1. The van der Waals surface area contributed by atoms with Crippen molar-refractivity contribution in [3.8, 4) is 11.5 Å². The Bertz CT molecular complexity index is 1040. The highest BCUT2D eigenvalue weighted by Crippen LogP contribution is 2.26. The summed E-state index contributed by atoms with van der Waals surface area (Å²) in [4.78, 5) is 26.9. The second kappa shape index (κ2) is 8.30. The minimum absolute atomic E-state index is 0.00577. The predicted octanol–water partition coefficient (Wildman–Crippen LogP) is 2.71. The molecule has 1 amide bonds. The van der Waals surface area contributed by atoms with Gasteiger partial charge in [0, 0.05) is 29.6 Å². The molecule has 2 aromatic carbocycles. The SMILES string of the molecule is COc1cc(/C=C/C(=O)N[C@@H](Cc2c[nH]c3ccccc23)C(=O)O)ccc1O. The van der Waals surface area contributed by atoms with E-state index in [0.717, 1.165) is 16.5 Å². The molecule has 0 radical (unpaired) electrons. The summed E-state index contributed by atoms with van der Waals surface area (Å²) in [5.74, 6) is -1.36. The summed E-state index contributed by atoms with van der Waals surface area (Å²) in [7, 11) is 1.43. The van der Waals surface area contributed by atoms with Gasteiger partial charge in [0.05, 0.1) is 7.11 Å². The average Bonchev–Trinajstić information content (AvgIpc) is 3.09. The second-order valence-electron chi connectivity index (χ2n) is 6.23. The molecule has 0 unspecified atom stereocenters. The quantitative estimate of drug-likeness (QED) is 0.471. The Kier molecular flexibility index (Phi) is 5.64. The summed E-state index contributed by atoms with van der Waals surface area (Å²) in [6.45, 7) is 0. The zero-order chi connectivity index (χ0) is 20.1. The molecule has 1 atom stereocenters. The largest absolute Gasteiger partial charge is 0.504 e. The lowest BCUT2D eigenvalue weighted by atomic mass is 10.0. The number of hydrogen-bond donors (Lipinski definition) is 4. The van der Waals surface area contributed by atoms with Gasteiger partial charge in [-0.2, -0.15) is 0 Å². The van der Waals surface area contributed by atoms with Crippen LogP contribution < -0.4 is 10.1 Å². The van der Waals surface area contributed by atoms with Crippen LogP contribution in [0.4, 0.5) is 0 Å². The van der Waals surface area contributed by atoms with Crippen molar-refractivity contribution in [3.05, 3.63) is 65.9 Å². The fraction of sp³-hybridized carbons (Fsp3) is 0.143. The fourth-order valence-electron chi connectivity index (χ4n) is 2.91. The van der Waals surface area contributed by atoms with Gasteiger partial charge < -0.3 is 25.3 Å². The molecule has 3 aromatic rings. The van der Waals surface area contributed by atoms with Crippen LogP contribution in [0.1, 0.15) is 11.1 Å². The maximum atomic E-state index is 12.2. The van der Waals surface area contributed by atoms with E-state index < -0.39 is 17.9 Å². The lowest BCUT2D eigenvalue weighted by Gasteiger charge is -2.13. The number of H-pyrrole nitrogens is 1. The maximum absolute atomic E-state index is 12.2. The van der Waals surface area contributed by atoms with Crippen molar-refractivity contribution in [1.82, 2.24) is 10.3 Å². The van der Waals surface area contributed by atoms with Crippen LogP contribution in [0.15, 0.2) is 54.7 Å². The number of carboxylic acid groups (broad SMARTS) is 1. The molecule has 1 aromatic heterocycles. The molecule has 7 nitrogen and oxygen atoms in total. The summed E-state index contributed by atoms with van der Waals surface area (Å²) in [5.41, 5.74) is 2.36. The van der Waals surface area contributed by atoms with E-state index in [4.69, 9.17) is 4.74 Å². The molecule has 0 bridgehead atoms. The van der Waals surface area contributed by atoms with E-state index in [9.17, 15) is 19.8 Å². The van der Waals surface area contributed by atoms with Crippen LogP contribution in [0.3, 0.4) is 0 Å². The van der Waals surface area contributed by atoms with Crippen molar-refractivity contribution < 1.29 is 24.5 Å². The first kappa shape index (κ1) is 19.0. The number of phenolic OH excluding ortho intramolecular Hbond substituents is 1. The highest BCUT2D eigenvalue weighted by atomic mass is 16.5. The number of aromatic nitrogens is 1. The smallest absolute Gasteiger partial charge is 0.326 e. The van der Waals surface area contributed by atoms with Crippen molar-refractivity contribution >= 4 is 28.9 Å². The molecule has 0 saturated carbocycles. The molecule has 144 valence electrons. The number of rotatable bonds is 7. The van der Waals surface area contributed by atoms with Gasteiger partial charge in [-0.25, -0.2) is 4.79 Å². The highest BCUT2D eigenvalue weighted by molar-refractivity contribution is 5.94. The molecule has 0 fully saturated rings. The van der Waals surface area contributed by atoms with Crippen molar-refractivity contribution in [2.75, 3.05) is 7.11 Å². The summed E-state index contributed by atoms with van der Waals surface area (Å²) in [5, 5.41) is 22.5. The first-order valence-corrected chi connectivity index (χ1v) is 8.61. The molecule has 4 N–H and O–H groups in total. The number of benzene rings is 2. The maximum Gasteiger partial charge on any atom is 0.326 e. The van der Waals surface area contributed by atoms with Crippen LogP contribution in [-0.4, -0.2) is 40.2 Å². The third-order valence-corrected chi connectivity index (χ3v) is 4.34. The Morgan fingerprint density at radius 2 is 2.04 bits per heavy atom. The Morgan fingerprint density at radius 3 is 2.79 bits per heavy atom. The second-order valence-corrected chi connectivity index (χ2v) is 6.23. The standard InChI is InChI=1S/C21H20N2O5/c1-28-19-10-13(6-8-18(19)24)7-9-20(25)23-17(21(26)27)11-14-12-22-16-5-3-2-4-15(14)16/h2-10,12,17,22,24H,11H2,1H3,(H,23,25)(H,26,27)/b9-7+/t17-/m0/s1. The fourth-order valence-corrected chi connectivity index (χ4v) is 2.91. The molecule has 7 heteroatoms.